The number of imidazole rings is 1. The summed E-state index contributed by atoms with van der Waals surface area (Å²) in [5, 5.41) is 9.98. The summed E-state index contributed by atoms with van der Waals surface area (Å²) >= 11 is 9.85. The molecule has 146 valence electrons. The van der Waals surface area contributed by atoms with Crippen LogP contribution in [0.3, 0.4) is 0 Å². The minimum absolute atomic E-state index is 0.196. The Morgan fingerprint density at radius 3 is 2.86 bits per heavy atom. The first kappa shape index (κ1) is 18.9. The molecule has 0 spiro atoms. The fraction of sp³-hybridized carbons (Fsp3) is 0.294. The molecule has 1 aliphatic rings. The lowest BCUT2D eigenvalue weighted by Crippen LogP contribution is -2.50. The van der Waals surface area contributed by atoms with Crippen LogP contribution in [-0.2, 0) is 11.3 Å². The number of carboxylic acid groups (broad SMARTS) is 1. The number of fused-ring (bicyclic) bond motifs is 1. The highest BCUT2D eigenvalue weighted by Crippen LogP contribution is 2.36. The predicted molar refractivity (Wildman–Crippen MR) is 109 cm³/mol. The van der Waals surface area contributed by atoms with Crippen LogP contribution in [0.2, 0.25) is 5.02 Å². The number of aliphatic carboxylic acids is 1. The minimum atomic E-state index is -1.28. The lowest BCUT2D eigenvalue weighted by Gasteiger charge is -2.25. The molecular weight excluding hydrogens is 450 g/mol. The van der Waals surface area contributed by atoms with Gasteiger partial charge in [-0.25, -0.2) is 15.0 Å². The number of hydrogen-bond acceptors (Lipinski definition) is 7. The molecule has 1 aliphatic heterocycles. The van der Waals surface area contributed by atoms with Gasteiger partial charge in [0.2, 0.25) is 0 Å². The number of nitrogens with two attached hydrogens (primary N) is 2. The maximum absolute atomic E-state index is 11.5. The Morgan fingerprint density at radius 2 is 2.14 bits per heavy atom. The third-order valence-corrected chi connectivity index (χ3v) is 5.89. The van der Waals surface area contributed by atoms with Crippen molar-refractivity contribution in [3.8, 4) is 0 Å². The van der Waals surface area contributed by atoms with Crippen LogP contribution in [0, 0.1) is 0 Å². The van der Waals surface area contributed by atoms with Crippen LogP contribution in [0.4, 0.5) is 11.5 Å². The van der Waals surface area contributed by atoms with Crippen LogP contribution in [0.1, 0.15) is 12.0 Å². The number of anilines is 2. The molecule has 28 heavy (non-hydrogen) atoms. The highest BCUT2D eigenvalue weighted by atomic mass is 79.9. The largest absolute Gasteiger partial charge is 0.480 e. The van der Waals surface area contributed by atoms with Gasteiger partial charge in [0.25, 0.3) is 0 Å². The molecule has 11 heteroatoms. The fourth-order valence-electron chi connectivity index (χ4n) is 3.43. The molecule has 0 saturated carbocycles. The fourth-order valence-corrected chi connectivity index (χ4v) is 4.35. The molecule has 0 aliphatic carbocycles. The van der Waals surface area contributed by atoms with E-state index in [9.17, 15) is 9.90 Å². The quantitative estimate of drug-likeness (QED) is 0.530. The first-order chi connectivity index (χ1) is 13.3. The number of benzene rings is 1. The number of nitrogen functional groups attached to an aromatic ring is 1. The van der Waals surface area contributed by atoms with Crippen LogP contribution in [0.15, 0.2) is 29.3 Å². The van der Waals surface area contributed by atoms with Gasteiger partial charge >= 0.3 is 5.97 Å². The summed E-state index contributed by atoms with van der Waals surface area (Å²) in [6.07, 6.45) is 3.39. The SMILES string of the molecule is Nc1ncnc2c1ncn2Cc1c(Br)cc(Cl)cc1N1CC[C@](N)(C(=O)O)C1. The zero-order chi connectivity index (χ0) is 20.1. The van der Waals surface area contributed by atoms with Crippen molar-refractivity contribution in [1.82, 2.24) is 19.5 Å². The Kier molecular flexibility index (Phi) is 4.64. The second kappa shape index (κ2) is 6.87. The van der Waals surface area contributed by atoms with E-state index in [4.69, 9.17) is 23.1 Å². The maximum Gasteiger partial charge on any atom is 0.325 e. The van der Waals surface area contributed by atoms with Gasteiger partial charge in [0.1, 0.15) is 17.4 Å². The highest BCUT2D eigenvalue weighted by molar-refractivity contribution is 9.10. The van der Waals surface area contributed by atoms with E-state index < -0.39 is 11.5 Å². The summed E-state index contributed by atoms with van der Waals surface area (Å²) in [6.45, 7) is 1.14. The molecule has 4 rings (SSSR count). The zero-order valence-corrected chi connectivity index (χ0v) is 17.0. The molecule has 1 aromatic carbocycles. The minimum Gasteiger partial charge on any atom is -0.480 e. The van der Waals surface area contributed by atoms with Crippen molar-refractivity contribution in [3.63, 3.8) is 0 Å². The van der Waals surface area contributed by atoms with Crippen LogP contribution >= 0.6 is 27.5 Å². The summed E-state index contributed by atoms with van der Waals surface area (Å²) in [7, 11) is 0. The molecule has 0 amide bonds. The smallest absolute Gasteiger partial charge is 0.325 e. The van der Waals surface area contributed by atoms with E-state index in [1.165, 1.54) is 6.33 Å². The van der Waals surface area contributed by atoms with E-state index in [-0.39, 0.29) is 6.54 Å². The first-order valence-electron chi connectivity index (χ1n) is 8.45. The average Bonchev–Trinajstić information content (AvgIpc) is 3.23. The first-order valence-corrected chi connectivity index (χ1v) is 9.62. The number of rotatable bonds is 4. The van der Waals surface area contributed by atoms with E-state index in [1.807, 2.05) is 15.5 Å². The van der Waals surface area contributed by atoms with Gasteiger partial charge in [-0.1, -0.05) is 27.5 Å². The van der Waals surface area contributed by atoms with Crippen LogP contribution in [0.25, 0.3) is 11.2 Å². The molecule has 1 fully saturated rings. The summed E-state index contributed by atoms with van der Waals surface area (Å²) in [4.78, 5) is 26.0. The van der Waals surface area contributed by atoms with Crippen molar-refractivity contribution in [1.29, 1.82) is 0 Å². The standard InChI is InChI=1S/C17H17BrClN7O2/c18-11-3-9(19)4-12(25-2-1-17(21,6-25)16(27)28)10(11)5-26-8-24-13-14(20)22-7-23-15(13)26/h3-4,7-8H,1-2,5-6,21H2,(H,27,28)(H2,20,22,23)/t17-/m1/s1. The van der Waals surface area contributed by atoms with Gasteiger partial charge in [0.05, 0.1) is 12.9 Å². The zero-order valence-electron chi connectivity index (χ0n) is 14.6. The van der Waals surface area contributed by atoms with Crippen molar-refractivity contribution in [2.24, 2.45) is 5.73 Å². The maximum atomic E-state index is 11.5. The number of halogens is 2. The molecule has 0 bridgehead atoms. The third-order valence-electron chi connectivity index (χ3n) is 4.96. The monoisotopic (exact) mass is 465 g/mol. The molecule has 0 unspecified atom stereocenters. The molecule has 2 aromatic heterocycles. The summed E-state index contributed by atoms with van der Waals surface area (Å²) in [5.41, 5.74) is 13.5. The number of hydrogen-bond donors (Lipinski definition) is 3. The molecular formula is C17H17BrClN7O2. The second-order valence-electron chi connectivity index (χ2n) is 6.82. The van der Waals surface area contributed by atoms with E-state index in [0.29, 0.717) is 41.5 Å². The predicted octanol–water partition coefficient (Wildman–Crippen LogP) is 1.86. The van der Waals surface area contributed by atoms with Gasteiger partial charge in [0.15, 0.2) is 11.5 Å². The Labute approximate surface area is 173 Å². The molecule has 1 atom stereocenters. The lowest BCUT2D eigenvalue weighted by molar-refractivity contribution is -0.142. The third kappa shape index (κ3) is 3.17. The number of carboxylic acids is 1. The van der Waals surface area contributed by atoms with Gasteiger partial charge in [-0.05, 0) is 18.6 Å². The van der Waals surface area contributed by atoms with Crippen molar-refractivity contribution in [3.05, 3.63) is 39.8 Å². The summed E-state index contributed by atoms with van der Waals surface area (Å²) in [5.74, 6) is -0.696. The molecule has 3 heterocycles. The molecule has 5 N–H and O–H groups in total. The highest BCUT2D eigenvalue weighted by Gasteiger charge is 2.42. The number of nitrogens with zero attached hydrogens (tertiary/aromatic N) is 5. The van der Waals surface area contributed by atoms with Gasteiger partial charge in [-0.2, -0.15) is 0 Å². The molecule has 1 saturated heterocycles. The van der Waals surface area contributed by atoms with Crippen LogP contribution in [-0.4, -0.2) is 49.2 Å². The number of carbonyl (C=O) groups is 1. The van der Waals surface area contributed by atoms with Crippen molar-refractivity contribution in [2.45, 2.75) is 18.5 Å². The van der Waals surface area contributed by atoms with Crippen molar-refractivity contribution >= 4 is 56.2 Å². The van der Waals surface area contributed by atoms with E-state index in [0.717, 1.165) is 15.7 Å². The van der Waals surface area contributed by atoms with Crippen LogP contribution < -0.4 is 16.4 Å². The Balaban J connectivity index is 1.75. The van der Waals surface area contributed by atoms with Crippen LogP contribution in [0.5, 0.6) is 0 Å². The van der Waals surface area contributed by atoms with Gasteiger partial charge < -0.3 is 26.0 Å². The van der Waals surface area contributed by atoms with E-state index in [2.05, 4.69) is 30.9 Å². The Hall–Kier alpha value is -2.43. The molecule has 3 aromatic rings. The van der Waals surface area contributed by atoms with Gasteiger partial charge in [-0.3, -0.25) is 4.79 Å². The normalized spacial score (nSPS) is 19.5. The summed E-state index contributed by atoms with van der Waals surface area (Å²) < 4.78 is 2.65. The van der Waals surface area contributed by atoms with E-state index in [1.54, 1.807) is 12.4 Å². The lowest BCUT2D eigenvalue weighted by atomic mass is 10.0. The topological polar surface area (TPSA) is 136 Å². The van der Waals surface area contributed by atoms with E-state index >= 15 is 0 Å². The second-order valence-corrected chi connectivity index (χ2v) is 8.11. The average molecular weight is 467 g/mol. The Morgan fingerprint density at radius 1 is 1.36 bits per heavy atom. The molecule has 9 nitrogen and oxygen atoms in total. The van der Waals surface area contributed by atoms with Gasteiger partial charge in [0, 0.05) is 33.8 Å². The van der Waals surface area contributed by atoms with Crippen molar-refractivity contribution in [2.75, 3.05) is 23.7 Å². The van der Waals surface area contributed by atoms with Gasteiger partial charge in [-0.15, -0.1) is 0 Å². The number of aromatic nitrogens is 4. The summed E-state index contributed by atoms with van der Waals surface area (Å²) in [6, 6.07) is 3.61. The Bertz CT molecular complexity index is 1090. The van der Waals surface area contributed by atoms with Crippen molar-refractivity contribution < 1.29 is 9.90 Å². The molecule has 0 radical (unpaired) electrons.